The zero-order valence-corrected chi connectivity index (χ0v) is 16.0. The third-order valence-corrected chi connectivity index (χ3v) is 3.90. The van der Waals surface area contributed by atoms with Gasteiger partial charge in [-0.25, -0.2) is 4.79 Å². The van der Waals surface area contributed by atoms with Gasteiger partial charge in [0.05, 0.1) is 19.2 Å². The van der Waals surface area contributed by atoms with E-state index in [0.29, 0.717) is 36.5 Å². The molecular formula is C20H24N4O4. The Morgan fingerprint density at radius 3 is 2.75 bits per heavy atom. The minimum Gasteiger partial charge on any atom is -0.493 e. The normalized spacial score (nSPS) is 12.5. The third kappa shape index (κ3) is 4.79. The van der Waals surface area contributed by atoms with Gasteiger partial charge in [-0.15, -0.1) is 5.11 Å². The van der Waals surface area contributed by atoms with Gasteiger partial charge in [-0.1, -0.05) is 36.0 Å². The number of aromatic nitrogens is 1. The zero-order valence-electron chi connectivity index (χ0n) is 16.0. The van der Waals surface area contributed by atoms with Crippen molar-refractivity contribution in [1.29, 1.82) is 0 Å². The number of fused-ring (bicyclic) bond motifs is 1. The maximum atomic E-state index is 10.9. The number of hydrogen-bond acceptors (Lipinski definition) is 5. The summed E-state index contributed by atoms with van der Waals surface area (Å²) in [6.45, 7) is 6.56. The number of hydrogen-bond donors (Lipinski definition) is 2. The summed E-state index contributed by atoms with van der Waals surface area (Å²) >= 11 is 0. The molecule has 0 spiro atoms. The van der Waals surface area contributed by atoms with E-state index in [1.807, 2.05) is 31.2 Å². The Bertz CT molecular complexity index is 941. The molecule has 0 aliphatic carbocycles. The first-order valence-corrected chi connectivity index (χ1v) is 8.74. The Kier molecular flexibility index (Phi) is 7.38. The van der Waals surface area contributed by atoms with E-state index < -0.39 is 6.03 Å². The van der Waals surface area contributed by atoms with Gasteiger partial charge >= 0.3 is 6.03 Å². The van der Waals surface area contributed by atoms with Gasteiger partial charge in [0.2, 0.25) is 5.88 Å². The first-order valence-electron chi connectivity index (χ1n) is 8.74. The lowest BCUT2D eigenvalue weighted by Gasteiger charge is -2.09. The topological polar surface area (TPSA) is 111 Å². The highest BCUT2D eigenvalue weighted by molar-refractivity contribution is 5.95. The molecule has 0 atom stereocenters. The largest absolute Gasteiger partial charge is 0.493 e. The molecule has 8 heteroatoms. The lowest BCUT2D eigenvalue weighted by atomic mass is 10.2. The minimum atomic E-state index is -0.925. The second-order valence-electron chi connectivity index (χ2n) is 5.64. The fourth-order valence-electron chi connectivity index (χ4n) is 2.73. The standard InChI is InChI=1S/C20H24N4O4/c1-4-16(27-3)17(28-5-2)12-8-9-13-24-15-11-7-6-10-14(15)18(19(24)25)22-23-20(21)26/h4,6-8,10-12,25H,1,5,9,13H2,2-3H3,(H2,21,26)/b12-8-,17-16-,23-22?. The first kappa shape index (κ1) is 20.8. The van der Waals surface area contributed by atoms with E-state index in [0.717, 1.165) is 5.52 Å². The number of primary amides is 1. The molecule has 0 radical (unpaired) electrons. The van der Waals surface area contributed by atoms with Crippen LogP contribution in [0.3, 0.4) is 0 Å². The highest BCUT2D eigenvalue weighted by Crippen LogP contribution is 2.38. The molecule has 1 aromatic heterocycles. The van der Waals surface area contributed by atoms with E-state index in [-0.39, 0.29) is 11.6 Å². The number of urea groups is 1. The van der Waals surface area contributed by atoms with Gasteiger partial charge in [0.25, 0.3) is 0 Å². The van der Waals surface area contributed by atoms with Crippen molar-refractivity contribution in [2.45, 2.75) is 19.9 Å². The van der Waals surface area contributed by atoms with Crippen LogP contribution in [-0.2, 0) is 16.0 Å². The summed E-state index contributed by atoms with van der Waals surface area (Å²) < 4.78 is 12.5. The number of amides is 2. The molecular weight excluding hydrogens is 360 g/mol. The van der Waals surface area contributed by atoms with Crippen LogP contribution in [0.4, 0.5) is 10.5 Å². The van der Waals surface area contributed by atoms with E-state index in [9.17, 15) is 9.90 Å². The smallest absolute Gasteiger partial charge is 0.356 e. The van der Waals surface area contributed by atoms with Gasteiger partial charge in [-0.2, -0.15) is 0 Å². The van der Waals surface area contributed by atoms with Crippen molar-refractivity contribution in [3.05, 3.63) is 60.6 Å². The van der Waals surface area contributed by atoms with Crippen LogP contribution in [0.5, 0.6) is 5.88 Å². The summed E-state index contributed by atoms with van der Waals surface area (Å²) in [5.74, 6) is 1.04. The van der Waals surface area contributed by atoms with Crippen molar-refractivity contribution in [1.82, 2.24) is 4.57 Å². The molecule has 0 fully saturated rings. The molecule has 0 aliphatic heterocycles. The number of azo groups is 1. The van der Waals surface area contributed by atoms with Crippen LogP contribution in [0.1, 0.15) is 13.3 Å². The molecule has 1 aromatic carbocycles. The van der Waals surface area contributed by atoms with E-state index in [2.05, 4.69) is 16.8 Å². The molecule has 28 heavy (non-hydrogen) atoms. The Morgan fingerprint density at radius 1 is 1.36 bits per heavy atom. The number of allylic oxidation sites excluding steroid dienone is 3. The molecule has 8 nitrogen and oxygen atoms in total. The second kappa shape index (κ2) is 9.96. The number of nitrogens with two attached hydrogens (primary N) is 1. The van der Waals surface area contributed by atoms with Crippen molar-refractivity contribution in [2.75, 3.05) is 13.7 Å². The van der Waals surface area contributed by atoms with Crippen LogP contribution in [0.15, 0.2) is 70.8 Å². The average molecular weight is 384 g/mol. The Balaban J connectivity index is 2.27. The highest BCUT2D eigenvalue weighted by atomic mass is 16.5. The van der Waals surface area contributed by atoms with Gasteiger partial charge in [-0.3, -0.25) is 0 Å². The van der Waals surface area contributed by atoms with Gasteiger partial charge in [0.15, 0.2) is 17.2 Å². The van der Waals surface area contributed by atoms with Gasteiger partial charge in [0, 0.05) is 11.9 Å². The molecule has 1 heterocycles. The highest BCUT2D eigenvalue weighted by Gasteiger charge is 2.16. The number of aryl methyl sites for hydroxylation is 1. The number of para-hydroxylation sites is 1. The van der Waals surface area contributed by atoms with Crippen LogP contribution in [0.2, 0.25) is 0 Å². The second-order valence-corrected chi connectivity index (χ2v) is 5.64. The monoisotopic (exact) mass is 384 g/mol. The quantitative estimate of drug-likeness (QED) is 0.375. The van der Waals surface area contributed by atoms with Crippen molar-refractivity contribution in [2.24, 2.45) is 16.0 Å². The fraction of sp³-hybridized carbons (Fsp3) is 0.250. The molecule has 2 amide bonds. The molecule has 0 bridgehead atoms. The van der Waals surface area contributed by atoms with Crippen molar-refractivity contribution >= 4 is 22.6 Å². The predicted molar refractivity (Wildman–Crippen MR) is 107 cm³/mol. The lowest BCUT2D eigenvalue weighted by Crippen LogP contribution is -2.01. The molecule has 148 valence electrons. The average Bonchev–Trinajstić information content (AvgIpc) is 2.95. The summed E-state index contributed by atoms with van der Waals surface area (Å²) in [6.07, 6.45) is 5.90. The third-order valence-electron chi connectivity index (χ3n) is 3.90. The van der Waals surface area contributed by atoms with Crippen LogP contribution in [-0.4, -0.2) is 29.4 Å². The lowest BCUT2D eigenvalue weighted by molar-refractivity contribution is 0.205. The molecule has 0 saturated heterocycles. The Labute approximate surface area is 163 Å². The van der Waals surface area contributed by atoms with Crippen LogP contribution >= 0.6 is 0 Å². The molecule has 0 saturated carbocycles. The van der Waals surface area contributed by atoms with E-state index in [1.54, 1.807) is 29.9 Å². The number of ether oxygens (including phenoxy) is 2. The molecule has 0 unspecified atom stereocenters. The van der Waals surface area contributed by atoms with E-state index in [1.165, 1.54) is 0 Å². The van der Waals surface area contributed by atoms with Crippen molar-refractivity contribution in [3.8, 4) is 5.88 Å². The van der Waals surface area contributed by atoms with Crippen LogP contribution < -0.4 is 5.73 Å². The summed E-state index contributed by atoms with van der Waals surface area (Å²) in [4.78, 5) is 10.9. The Morgan fingerprint density at radius 2 is 2.11 bits per heavy atom. The fourth-order valence-corrected chi connectivity index (χ4v) is 2.73. The number of carbonyl (C=O) groups is 1. The van der Waals surface area contributed by atoms with Gasteiger partial charge in [-0.05, 0) is 31.6 Å². The summed E-state index contributed by atoms with van der Waals surface area (Å²) in [5, 5.41) is 18.3. The number of carbonyl (C=O) groups excluding carboxylic acids is 1. The minimum absolute atomic E-state index is 0.0798. The van der Waals surface area contributed by atoms with Crippen LogP contribution in [0, 0.1) is 0 Å². The summed E-state index contributed by atoms with van der Waals surface area (Å²) in [5.41, 5.74) is 5.99. The summed E-state index contributed by atoms with van der Waals surface area (Å²) in [7, 11) is 1.55. The summed E-state index contributed by atoms with van der Waals surface area (Å²) in [6, 6.07) is 6.39. The van der Waals surface area contributed by atoms with Gasteiger partial charge < -0.3 is 24.9 Å². The maximum absolute atomic E-state index is 10.9. The predicted octanol–water partition coefficient (Wildman–Crippen LogP) is 4.54. The number of methoxy groups -OCH3 is 1. The molecule has 3 N–H and O–H groups in total. The van der Waals surface area contributed by atoms with Crippen LogP contribution in [0.25, 0.3) is 10.9 Å². The van der Waals surface area contributed by atoms with Gasteiger partial charge in [0.1, 0.15) is 0 Å². The van der Waals surface area contributed by atoms with Crippen molar-refractivity contribution in [3.63, 3.8) is 0 Å². The number of nitrogens with zero attached hydrogens (tertiary/aromatic N) is 3. The van der Waals surface area contributed by atoms with E-state index >= 15 is 0 Å². The Hall–Kier alpha value is -3.55. The molecule has 0 aliphatic rings. The molecule has 2 rings (SSSR count). The number of benzene rings is 1. The molecule has 2 aromatic rings. The zero-order chi connectivity index (χ0) is 20.5. The van der Waals surface area contributed by atoms with Crippen molar-refractivity contribution < 1.29 is 19.4 Å². The van der Waals surface area contributed by atoms with E-state index in [4.69, 9.17) is 15.2 Å². The maximum Gasteiger partial charge on any atom is 0.356 e. The SMILES string of the molecule is C=C/C(OC)=C(\C=C/CCn1c(O)c(N=NC(N)=O)c2ccccc21)OCC. The first-order chi connectivity index (χ1) is 13.5. The number of aromatic hydroxyl groups is 1. The number of rotatable bonds is 9.